The molecule has 0 bridgehead atoms. The van der Waals surface area contributed by atoms with E-state index in [-0.39, 0.29) is 5.41 Å². The molecule has 1 aliphatic rings. The van der Waals surface area contributed by atoms with Crippen molar-refractivity contribution in [1.29, 1.82) is 0 Å². The maximum absolute atomic E-state index is 5.51. The van der Waals surface area contributed by atoms with Crippen molar-refractivity contribution >= 4 is 0 Å². The molecule has 2 nitrogen and oxygen atoms in total. The van der Waals surface area contributed by atoms with E-state index in [2.05, 4.69) is 50.4 Å². The van der Waals surface area contributed by atoms with E-state index in [4.69, 9.17) is 4.74 Å². The summed E-state index contributed by atoms with van der Waals surface area (Å²) in [6, 6.07) is 8.63. The van der Waals surface area contributed by atoms with Crippen LogP contribution in [-0.4, -0.2) is 20.2 Å². The molecule has 2 heteroatoms. The second-order valence-electron chi connectivity index (χ2n) is 5.99. The smallest absolute Gasteiger partial charge is 0.119 e. The highest BCUT2D eigenvalue weighted by Gasteiger charge is 2.67. The second kappa shape index (κ2) is 4.58. The first-order valence-electron chi connectivity index (χ1n) is 6.86. The Labute approximate surface area is 111 Å². The first kappa shape index (κ1) is 13.4. The third-order valence-corrected chi connectivity index (χ3v) is 5.00. The number of hydrogen-bond acceptors (Lipinski definition) is 2. The summed E-state index contributed by atoms with van der Waals surface area (Å²) in [5, 5.41) is 3.32. The molecule has 0 aromatic heterocycles. The fourth-order valence-electron chi connectivity index (χ4n) is 3.40. The van der Waals surface area contributed by atoms with Gasteiger partial charge in [0.2, 0.25) is 0 Å². The molecule has 18 heavy (non-hydrogen) atoms. The van der Waals surface area contributed by atoms with Gasteiger partial charge in [-0.2, -0.15) is 0 Å². The Balaban J connectivity index is 2.21. The van der Waals surface area contributed by atoms with Gasteiger partial charge >= 0.3 is 0 Å². The van der Waals surface area contributed by atoms with Gasteiger partial charge in [0.1, 0.15) is 5.75 Å². The molecule has 0 heterocycles. The lowest BCUT2D eigenvalue weighted by molar-refractivity contribution is 0.340. The molecule has 2 rings (SSSR count). The lowest BCUT2D eigenvalue weighted by atomic mass is 9.89. The Hall–Kier alpha value is -1.02. The Bertz CT molecular complexity index is 410. The van der Waals surface area contributed by atoms with Crippen molar-refractivity contribution in [1.82, 2.24) is 5.32 Å². The topological polar surface area (TPSA) is 21.3 Å². The average molecular weight is 247 g/mol. The number of benzene rings is 1. The summed E-state index contributed by atoms with van der Waals surface area (Å²) >= 11 is 0. The van der Waals surface area contributed by atoms with Crippen LogP contribution in [-0.2, 0) is 5.41 Å². The van der Waals surface area contributed by atoms with Crippen LogP contribution in [0.1, 0.15) is 33.3 Å². The normalized spacial score (nSPS) is 29.1. The average Bonchev–Trinajstić information content (AvgIpc) is 2.77. The van der Waals surface area contributed by atoms with Gasteiger partial charge in [0.05, 0.1) is 6.61 Å². The molecule has 1 saturated carbocycles. The molecule has 1 N–H and O–H groups in total. The van der Waals surface area contributed by atoms with Crippen molar-refractivity contribution in [2.24, 2.45) is 11.3 Å². The second-order valence-corrected chi connectivity index (χ2v) is 5.99. The third-order valence-electron chi connectivity index (χ3n) is 5.00. The van der Waals surface area contributed by atoms with Crippen LogP contribution in [0.2, 0.25) is 0 Å². The summed E-state index contributed by atoms with van der Waals surface area (Å²) < 4.78 is 5.51. The first-order valence-corrected chi connectivity index (χ1v) is 6.86. The molecule has 0 radical (unpaired) electrons. The highest BCUT2D eigenvalue weighted by atomic mass is 16.5. The molecule has 0 aliphatic heterocycles. The minimum absolute atomic E-state index is 0.279. The molecule has 0 spiro atoms. The van der Waals surface area contributed by atoms with Crippen molar-refractivity contribution in [2.45, 2.75) is 33.1 Å². The number of nitrogens with one attached hydrogen (secondary N) is 1. The first-order chi connectivity index (χ1) is 8.48. The molecule has 1 aliphatic carbocycles. The van der Waals surface area contributed by atoms with Crippen LogP contribution in [0.15, 0.2) is 24.3 Å². The lowest BCUT2D eigenvalue weighted by Gasteiger charge is -2.16. The highest BCUT2D eigenvalue weighted by Crippen LogP contribution is 2.68. The van der Waals surface area contributed by atoms with Gasteiger partial charge in [0.25, 0.3) is 0 Å². The predicted octanol–water partition coefficient (Wildman–Crippen LogP) is 3.22. The summed E-state index contributed by atoms with van der Waals surface area (Å²) in [5.41, 5.74) is 2.07. The zero-order valence-electron chi connectivity index (χ0n) is 12.2. The zero-order valence-corrected chi connectivity index (χ0v) is 12.2. The van der Waals surface area contributed by atoms with E-state index in [0.717, 1.165) is 18.9 Å². The van der Waals surface area contributed by atoms with Gasteiger partial charge in [-0.1, -0.05) is 32.9 Å². The Morgan fingerprint density at radius 3 is 2.28 bits per heavy atom. The van der Waals surface area contributed by atoms with Crippen molar-refractivity contribution < 1.29 is 4.74 Å². The molecule has 2 atom stereocenters. The van der Waals surface area contributed by atoms with Gasteiger partial charge in [-0.3, -0.25) is 0 Å². The summed E-state index contributed by atoms with van der Waals surface area (Å²) in [4.78, 5) is 0. The molecule has 1 aromatic carbocycles. The molecule has 100 valence electrons. The van der Waals surface area contributed by atoms with Crippen LogP contribution < -0.4 is 10.1 Å². The van der Waals surface area contributed by atoms with Crippen LogP contribution in [0.4, 0.5) is 0 Å². The molecule has 0 saturated heterocycles. The molecular weight excluding hydrogens is 222 g/mol. The third kappa shape index (κ3) is 1.83. The predicted molar refractivity (Wildman–Crippen MR) is 76.2 cm³/mol. The molecule has 1 fully saturated rings. The number of hydrogen-bond donors (Lipinski definition) is 1. The monoisotopic (exact) mass is 247 g/mol. The van der Waals surface area contributed by atoms with Gasteiger partial charge in [-0.25, -0.2) is 0 Å². The maximum atomic E-state index is 5.51. The standard InChI is InChI=1S/C16H25NO/c1-6-18-13-9-7-12(8-10-13)16(4)14(11-17-5)15(16,2)3/h7-10,14,17H,6,11H2,1-5H3. The van der Waals surface area contributed by atoms with Crippen LogP contribution >= 0.6 is 0 Å². The van der Waals surface area contributed by atoms with E-state index in [9.17, 15) is 0 Å². The number of rotatable bonds is 5. The SMILES string of the molecule is CCOc1ccc(C2(C)C(CNC)C2(C)C)cc1. The van der Waals surface area contributed by atoms with Crippen LogP contribution in [0, 0.1) is 11.3 Å². The van der Waals surface area contributed by atoms with E-state index in [1.807, 2.05) is 14.0 Å². The Morgan fingerprint density at radius 1 is 1.17 bits per heavy atom. The maximum Gasteiger partial charge on any atom is 0.119 e. The fourth-order valence-corrected chi connectivity index (χ4v) is 3.40. The van der Waals surface area contributed by atoms with Crippen LogP contribution in [0.5, 0.6) is 5.75 Å². The lowest BCUT2D eigenvalue weighted by Crippen LogP contribution is -2.15. The van der Waals surface area contributed by atoms with E-state index >= 15 is 0 Å². The van der Waals surface area contributed by atoms with Crippen molar-refractivity contribution in [3.63, 3.8) is 0 Å². The summed E-state index contributed by atoms with van der Waals surface area (Å²) in [6.45, 7) is 10.9. The summed E-state index contributed by atoms with van der Waals surface area (Å²) in [5.74, 6) is 1.67. The van der Waals surface area contributed by atoms with Gasteiger partial charge in [-0.15, -0.1) is 0 Å². The highest BCUT2D eigenvalue weighted by molar-refractivity contribution is 5.41. The molecule has 1 aromatic rings. The van der Waals surface area contributed by atoms with Gasteiger partial charge in [0, 0.05) is 5.41 Å². The van der Waals surface area contributed by atoms with Crippen molar-refractivity contribution in [3.8, 4) is 5.75 Å². The number of ether oxygens (including phenoxy) is 1. The van der Waals surface area contributed by atoms with E-state index < -0.39 is 0 Å². The molecular formula is C16H25NO. The van der Waals surface area contributed by atoms with E-state index in [1.165, 1.54) is 5.56 Å². The van der Waals surface area contributed by atoms with Crippen LogP contribution in [0.25, 0.3) is 0 Å². The minimum Gasteiger partial charge on any atom is -0.494 e. The largest absolute Gasteiger partial charge is 0.494 e. The van der Waals surface area contributed by atoms with Gasteiger partial charge in [0.15, 0.2) is 0 Å². The summed E-state index contributed by atoms with van der Waals surface area (Å²) in [6.07, 6.45) is 0. The van der Waals surface area contributed by atoms with Gasteiger partial charge < -0.3 is 10.1 Å². The fraction of sp³-hybridized carbons (Fsp3) is 0.625. The van der Waals surface area contributed by atoms with Crippen LogP contribution in [0.3, 0.4) is 0 Å². The minimum atomic E-state index is 0.279. The molecule has 2 unspecified atom stereocenters. The van der Waals surface area contributed by atoms with E-state index in [1.54, 1.807) is 0 Å². The van der Waals surface area contributed by atoms with Gasteiger partial charge in [-0.05, 0) is 49.5 Å². The Kier molecular flexibility index (Phi) is 3.41. The Morgan fingerprint density at radius 2 is 1.78 bits per heavy atom. The quantitative estimate of drug-likeness (QED) is 0.862. The molecule has 0 amide bonds. The van der Waals surface area contributed by atoms with Crippen molar-refractivity contribution in [2.75, 3.05) is 20.2 Å². The van der Waals surface area contributed by atoms with Crippen molar-refractivity contribution in [3.05, 3.63) is 29.8 Å². The summed E-state index contributed by atoms with van der Waals surface area (Å²) in [7, 11) is 2.03. The van der Waals surface area contributed by atoms with E-state index in [0.29, 0.717) is 11.3 Å². The zero-order chi connectivity index (χ0) is 13.4.